The van der Waals surface area contributed by atoms with Gasteiger partial charge in [0.15, 0.2) is 23.1 Å². The monoisotopic (exact) mass is 441 g/mol. The molecule has 1 spiro atoms. The second-order valence-electron chi connectivity index (χ2n) is 7.99. The fourth-order valence-electron chi connectivity index (χ4n) is 4.27. The highest BCUT2D eigenvalue weighted by atomic mass is 19.1. The number of carbonyl (C=O) groups is 1. The topological polar surface area (TPSA) is 81.5 Å². The molecule has 1 aromatic carbocycles. The molecule has 1 amide bonds. The molecule has 1 fully saturated rings. The number of benzene rings is 1. The summed E-state index contributed by atoms with van der Waals surface area (Å²) in [6.45, 7) is -0.0136. The Hall–Kier alpha value is -3.69. The largest absolute Gasteiger partial charge is 0.493 e. The highest BCUT2D eigenvalue weighted by molar-refractivity contribution is 6.05. The van der Waals surface area contributed by atoms with Crippen LogP contribution in [0.3, 0.4) is 0 Å². The van der Waals surface area contributed by atoms with Crippen molar-refractivity contribution in [3.05, 3.63) is 53.5 Å². The molecule has 1 aliphatic carbocycles. The van der Waals surface area contributed by atoms with Gasteiger partial charge in [0.1, 0.15) is 11.5 Å². The van der Waals surface area contributed by atoms with Crippen LogP contribution in [-0.2, 0) is 23.8 Å². The number of aromatic nitrogens is 3. The van der Waals surface area contributed by atoms with Crippen molar-refractivity contribution in [2.45, 2.75) is 24.8 Å². The number of anilines is 3. The molecule has 0 saturated heterocycles. The summed E-state index contributed by atoms with van der Waals surface area (Å²) in [6.07, 6.45) is 6.30. The molecule has 2 aliphatic rings. The molecule has 0 atom stereocenters. The standard InChI is InChI=1S/C22H21F2N5O3/c1-28-11-13(9-26-28)27-17-6-14-12(8-25-17)10-29(21(30)22(14)4-5-22)20-18(23)15(31-2)7-16(32-3)19(20)24/h6-9,11H,4-5,10H2,1-3H3,(H,25,27). The van der Waals surface area contributed by atoms with Crippen molar-refractivity contribution in [2.75, 3.05) is 24.4 Å². The van der Waals surface area contributed by atoms with Gasteiger partial charge in [0.2, 0.25) is 5.91 Å². The molecule has 0 radical (unpaired) electrons. The molecule has 166 valence electrons. The molecule has 1 N–H and O–H groups in total. The smallest absolute Gasteiger partial charge is 0.238 e. The van der Waals surface area contributed by atoms with E-state index in [1.54, 1.807) is 17.1 Å². The van der Waals surface area contributed by atoms with Crippen molar-refractivity contribution < 1.29 is 23.0 Å². The molecule has 0 bridgehead atoms. The van der Waals surface area contributed by atoms with Crippen molar-refractivity contribution in [2.24, 2.45) is 7.05 Å². The number of nitrogens with zero attached hydrogens (tertiary/aromatic N) is 4. The molecule has 10 heteroatoms. The van der Waals surface area contributed by atoms with Crippen molar-refractivity contribution in [1.82, 2.24) is 14.8 Å². The van der Waals surface area contributed by atoms with Crippen LogP contribution >= 0.6 is 0 Å². The maximum atomic E-state index is 15.1. The lowest BCUT2D eigenvalue weighted by molar-refractivity contribution is -0.121. The van der Waals surface area contributed by atoms with Gasteiger partial charge in [-0.05, 0) is 30.0 Å². The second kappa shape index (κ2) is 7.18. The van der Waals surface area contributed by atoms with E-state index in [0.29, 0.717) is 18.7 Å². The van der Waals surface area contributed by atoms with Crippen LogP contribution in [0.1, 0.15) is 24.0 Å². The van der Waals surface area contributed by atoms with Gasteiger partial charge in [0.05, 0.1) is 38.1 Å². The summed E-state index contributed by atoms with van der Waals surface area (Å²) in [5.74, 6) is -2.06. The lowest BCUT2D eigenvalue weighted by Gasteiger charge is -2.35. The Balaban J connectivity index is 1.57. The van der Waals surface area contributed by atoms with Gasteiger partial charge in [-0.2, -0.15) is 5.10 Å². The number of carbonyl (C=O) groups excluding carboxylic acids is 1. The van der Waals surface area contributed by atoms with Gasteiger partial charge >= 0.3 is 0 Å². The number of fused-ring (bicyclic) bond motifs is 2. The maximum absolute atomic E-state index is 15.1. The van der Waals surface area contributed by atoms with Crippen molar-refractivity contribution in [1.29, 1.82) is 0 Å². The van der Waals surface area contributed by atoms with E-state index in [-0.39, 0.29) is 24.0 Å². The minimum atomic E-state index is -0.943. The number of methoxy groups -OCH3 is 2. The van der Waals surface area contributed by atoms with E-state index >= 15 is 8.78 Å². The summed E-state index contributed by atoms with van der Waals surface area (Å²) in [5.41, 5.74) is 1.04. The lowest BCUT2D eigenvalue weighted by atomic mass is 9.86. The van der Waals surface area contributed by atoms with Crippen LogP contribution in [0.5, 0.6) is 11.5 Å². The van der Waals surface area contributed by atoms with Gasteiger partial charge in [0.25, 0.3) is 0 Å². The average molecular weight is 441 g/mol. The quantitative estimate of drug-likeness (QED) is 0.654. The van der Waals surface area contributed by atoms with E-state index in [0.717, 1.165) is 27.8 Å². The third-order valence-electron chi connectivity index (χ3n) is 6.03. The summed E-state index contributed by atoms with van der Waals surface area (Å²) in [4.78, 5) is 19.1. The summed E-state index contributed by atoms with van der Waals surface area (Å²) in [6, 6.07) is 2.96. The Morgan fingerprint density at radius 3 is 2.34 bits per heavy atom. The first-order valence-electron chi connectivity index (χ1n) is 10.0. The Morgan fingerprint density at radius 1 is 1.09 bits per heavy atom. The molecular formula is C22H21F2N5O3. The van der Waals surface area contributed by atoms with E-state index in [4.69, 9.17) is 9.47 Å². The molecule has 2 aromatic heterocycles. The van der Waals surface area contributed by atoms with E-state index < -0.39 is 22.7 Å². The van der Waals surface area contributed by atoms with Gasteiger partial charge in [-0.3, -0.25) is 9.48 Å². The van der Waals surface area contributed by atoms with Crippen LogP contribution in [0.15, 0.2) is 30.7 Å². The predicted octanol–water partition coefficient (Wildman–Crippen LogP) is 3.43. The fraction of sp³-hybridized carbons (Fsp3) is 0.318. The van der Waals surface area contributed by atoms with Crippen LogP contribution in [0, 0.1) is 11.6 Å². The van der Waals surface area contributed by atoms with Gasteiger partial charge in [-0.25, -0.2) is 13.8 Å². The van der Waals surface area contributed by atoms with E-state index in [2.05, 4.69) is 15.4 Å². The number of hydrogen-bond acceptors (Lipinski definition) is 6. The number of amides is 1. The van der Waals surface area contributed by atoms with Crippen LogP contribution in [0.4, 0.5) is 26.0 Å². The zero-order chi connectivity index (χ0) is 22.6. The Kier molecular flexibility index (Phi) is 4.54. The zero-order valence-corrected chi connectivity index (χ0v) is 17.8. The Bertz CT molecular complexity index is 1210. The highest BCUT2D eigenvalue weighted by Gasteiger charge is 2.57. The molecule has 32 heavy (non-hydrogen) atoms. The zero-order valence-electron chi connectivity index (χ0n) is 17.8. The van der Waals surface area contributed by atoms with Gasteiger partial charge < -0.3 is 19.7 Å². The maximum Gasteiger partial charge on any atom is 0.238 e. The van der Waals surface area contributed by atoms with E-state index in [9.17, 15) is 4.79 Å². The molecule has 3 aromatic rings. The van der Waals surface area contributed by atoms with Crippen molar-refractivity contribution in [3.8, 4) is 11.5 Å². The van der Waals surface area contributed by atoms with Crippen LogP contribution in [0.25, 0.3) is 0 Å². The van der Waals surface area contributed by atoms with Gasteiger partial charge in [-0.15, -0.1) is 0 Å². The summed E-state index contributed by atoms with van der Waals surface area (Å²) in [5, 5.41) is 7.29. The number of halogens is 2. The van der Waals surface area contributed by atoms with Crippen molar-refractivity contribution in [3.63, 3.8) is 0 Å². The minimum Gasteiger partial charge on any atom is -0.493 e. The minimum absolute atomic E-state index is 0.0136. The number of nitrogens with one attached hydrogen (secondary N) is 1. The summed E-state index contributed by atoms with van der Waals surface area (Å²) < 4.78 is 42.0. The van der Waals surface area contributed by atoms with Gasteiger partial charge in [-0.1, -0.05) is 0 Å². The number of hydrogen-bond donors (Lipinski definition) is 1. The SMILES string of the molecule is COc1cc(OC)c(F)c(N2Cc3cnc(Nc4cnn(C)c4)cc3C3(CC3)C2=O)c1F. The van der Waals surface area contributed by atoms with Crippen LogP contribution in [-0.4, -0.2) is 34.9 Å². The summed E-state index contributed by atoms with van der Waals surface area (Å²) in [7, 11) is 4.36. The third kappa shape index (κ3) is 2.97. The highest BCUT2D eigenvalue weighted by Crippen LogP contribution is 2.55. The Labute approximate surface area is 182 Å². The fourth-order valence-corrected chi connectivity index (χ4v) is 4.27. The van der Waals surface area contributed by atoms with E-state index in [1.807, 2.05) is 19.3 Å². The van der Waals surface area contributed by atoms with Crippen LogP contribution < -0.4 is 19.7 Å². The molecule has 8 nitrogen and oxygen atoms in total. The summed E-state index contributed by atoms with van der Waals surface area (Å²) >= 11 is 0. The molecule has 3 heterocycles. The van der Waals surface area contributed by atoms with Crippen LogP contribution in [0.2, 0.25) is 0 Å². The molecule has 0 unspecified atom stereocenters. The number of ether oxygens (including phenoxy) is 2. The molecular weight excluding hydrogens is 420 g/mol. The molecule has 1 saturated carbocycles. The van der Waals surface area contributed by atoms with Gasteiger partial charge in [0, 0.05) is 25.5 Å². The predicted molar refractivity (Wildman–Crippen MR) is 112 cm³/mol. The molecule has 5 rings (SSSR count). The first-order valence-corrected chi connectivity index (χ1v) is 10.0. The lowest BCUT2D eigenvalue weighted by Crippen LogP contribution is -2.45. The van der Waals surface area contributed by atoms with E-state index in [1.165, 1.54) is 14.2 Å². The van der Waals surface area contributed by atoms with Crippen molar-refractivity contribution >= 4 is 23.1 Å². The molecule has 1 aliphatic heterocycles. The normalized spacial score (nSPS) is 16.2. The average Bonchev–Trinajstić information content (AvgIpc) is 3.48. The number of aryl methyl sites for hydroxylation is 1. The first kappa shape index (κ1) is 20.2. The third-order valence-corrected chi connectivity index (χ3v) is 6.03. The number of rotatable bonds is 5. The first-order chi connectivity index (χ1) is 15.4. The second-order valence-corrected chi connectivity index (χ2v) is 7.99. The Morgan fingerprint density at radius 2 is 1.78 bits per heavy atom. The number of pyridine rings is 1.